The summed E-state index contributed by atoms with van der Waals surface area (Å²) in [6, 6.07) is 14.6. The first kappa shape index (κ1) is 42.9. The number of aliphatic hydroxyl groups excluding tert-OH is 3. The first-order valence-electron chi connectivity index (χ1n) is 19.3. The SMILES string of the molecule is CC(=O)O[C@@]12CO[C@@H]1CC(O)[C@@]1(C)C(=O)[C@H](O)C3=C(C)[C@@H](OC(=O)[C@H](O)[C@@H](NC(=O)OC(C)(C)C)c4ccccc4)C[C@@](O)([C@@H](OC(=O)c4ccccc4)[C@H]21)C3(C)C. The van der Waals surface area contributed by atoms with E-state index in [1.807, 2.05) is 0 Å². The highest BCUT2D eigenvalue weighted by atomic mass is 16.6. The number of rotatable bonds is 8. The van der Waals surface area contributed by atoms with Gasteiger partial charge in [-0.25, -0.2) is 14.4 Å². The van der Waals surface area contributed by atoms with Crippen molar-refractivity contribution in [3.8, 4) is 0 Å². The molecule has 58 heavy (non-hydrogen) atoms. The summed E-state index contributed by atoms with van der Waals surface area (Å²) in [4.78, 5) is 68.9. The van der Waals surface area contributed by atoms with E-state index in [9.17, 15) is 44.4 Å². The Hall–Kier alpha value is -4.67. The molecule has 1 saturated heterocycles. The van der Waals surface area contributed by atoms with E-state index in [0.717, 1.165) is 6.92 Å². The lowest BCUT2D eigenvalue weighted by Crippen LogP contribution is -2.81. The van der Waals surface area contributed by atoms with Gasteiger partial charge >= 0.3 is 24.0 Å². The van der Waals surface area contributed by atoms with Gasteiger partial charge in [-0.15, -0.1) is 0 Å². The van der Waals surface area contributed by atoms with Crippen LogP contribution in [0.4, 0.5) is 4.79 Å². The van der Waals surface area contributed by atoms with Crippen molar-refractivity contribution in [3.63, 3.8) is 0 Å². The fraction of sp³-hybridized carbons (Fsp3) is 0.558. The van der Waals surface area contributed by atoms with Gasteiger partial charge in [-0.3, -0.25) is 9.59 Å². The zero-order valence-electron chi connectivity index (χ0n) is 33.9. The Morgan fingerprint density at radius 3 is 2.10 bits per heavy atom. The van der Waals surface area contributed by atoms with E-state index in [1.165, 1.54) is 26.0 Å². The smallest absolute Gasteiger partial charge is 0.408 e. The van der Waals surface area contributed by atoms with Gasteiger partial charge in [0.1, 0.15) is 35.6 Å². The lowest BCUT2D eigenvalue weighted by atomic mass is 9.44. The Bertz CT molecular complexity index is 1980. The Morgan fingerprint density at radius 2 is 1.55 bits per heavy atom. The average molecular weight is 808 g/mol. The number of aliphatic hydroxyl groups is 4. The minimum absolute atomic E-state index is 0.0637. The van der Waals surface area contributed by atoms with E-state index < -0.39 is 112 Å². The number of alkyl carbamates (subject to hydrolysis) is 1. The molecule has 2 saturated carbocycles. The van der Waals surface area contributed by atoms with Gasteiger partial charge in [0.2, 0.25) is 0 Å². The number of hydrogen-bond donors (Lipinski definition) is 5. The molecule has 3 aliphatic carbocycles. The molecule has 11 atom stereocenters. The molecule has 3 fully saturated rings. The topological polar surface area (TPSA) is 224 Å². The molecule has 0 spiro atoms. The molecule has 15 heteroatoms. The Kier molecular flexibility index (Phi) is 11.2. The third-order valence-electron chi connectivity index (χ3n) is 12.6. The average Bonchev–Trinajstić information content (AvgIpc) is 3.14. The van der Waals surface area contributed by atoms with Crippen molar-refractivity contribution < 1.29 is 68.1 Å². The third kappa shape index (κ3) is 7.10. The normalized spacial score (nSPS) is 33.7. The van der Waals surface area contributed by atoms with Crippen LogP contribution < -0.4 is 5.32 Å². The number of carbonyl (C=O) groups is 5. The van der Waals surface area contributed by atoms with Gasteiger partial charge in [0.25, 0.3) is 0 Å². The first-order valence-corrected chi connectivity index (χ1v) is 19.3. The molecule has 0 radical (unpaired) electrons. The zero-order valence-corrected chi connectivity index (χ0v) is 33.9. The first-order chi connectivity index (χ1) is 27.0. The van der Waals surface area contributed by atoms with Crippen molar-refractivity contribution in [2.45, 2.75) is 128 Å². The largest absolute Gasteiger partial charge is 0.456 e. The molecular weight excluding hydrogens is 754 g/mol. The quantitative estimate of drug-likeness (QED) is 0.147. The predicted octanol–water partition coefficient (Wildman–Crippen LogP) is 3.26. The lowest BCUT2D eigenvalue weighted by molar-refractivity contribution is -0.346. The van der Waals surface area contributed by atoms with Crippen LogP contribution in [-0.2, 0) is 38.1 Å². The summed E-state index contributed by atoms with van der Waals surface area (Å²) < 4.78 is 29.5. The van der Waals surface area contributed by atoms with Crippen molar-refractivity contribution in [1.82, 2.24) is 5.32 Å². The van der Waals surface area contributed by atoms with Crippen molar-refractivity contribution in [2.24, 2.45) is 16.7 Å². The van der Waals surface area contributed by atoms with Gasteiger partial charge < -0.3 is 49.4 Å². The van der Waals surface area contributed by atoms with Gasteiger partial charge in [-0.1, -0.05) is 62.4 Å². The summed E-state index contributed by atoms with van der Waals surface area (Å²) in [6.07, 6.45) is -11.5. The molecule has 314 valence electrons. The highest BCUT2D eigenvalue weighted by Crippen LogP contribution is 2.64. The molecular formula is C43H53NO14. The monoisotopic (exact) mass is 807 g/mol. The van der Waals surface area contributed by atoms with Crippen LogP contribution in [0.5, 0.6) is 0 Å². The Labute approximate surface area is 336 Å². The summed E-state index contributed by atoms with van der Waals surface area (Å²) in [7, 11) is 0. The molecule has 6 rings (SSSR count). The summed E-state index contributed by atoms with van der Waals surface area (Å²) >= 11 is 0. The van der Waals surface area contributed by atoms with E-state index in [2.05, 4.69) is 5.32 Å². The van der Waals surface area contributed by atoms with Gasteiger partial charge in [-0.2, -0.15) is 0 Å². The van der Waals surface area contributed by atoms with Crippen LogP contribution in [0.25, 0.3) is 0 Å². The standard InChI is InChI=1S/C43H53NO14/c1-22-26(55-37(51)32(48)30(24-15-11-9-12-16-24)44-38(52)58-39(3,4)5)20-43(53)35(56-36(50)25-17-13-10-14-18-25)33-41(8,34(49)31(47)29(22)40(43,6)7)27(46)19-28-42(33,21-54-28)57-23(2)45/h9-18,26-28,30-33,35,46-48,53H,19-21H2,1-8H3,(H,44,52)/t26-,27?,28+,30-,31+,32+,33-,35-,41+,42-,43+/m0/s1. The van der Waals surface area contributed by atoms with Crippen molar-refractivity contribution in [3.05, 3.63) is 82.9 Å². The molecule has 2 aromatic carbocycles. The summed E-state index contributed by atoms with van der Waals surface area (Å²) in [5.41, 5.74) is -8.14. The van der Waals surface area contributed by atoms with Crippen LogP contribution in [0.15, 0.2) is 71.8 Å². The molecule has 2 aromatic rings. The molecule has 4 aliphatic rings. The minimum atomic E-state index is -2.35. The number of ketones is 1. The summed E-state index contributed by atoms with van der Waals surface area (Å²) in [6.45, 7) is 11.8. The lowest BCUT2D eigenvalue weighted by Gasteiger charge is -2.67. The van der Waals surface area contributed by atoms with E-state index in [1.54, 1.807) is 83.1 Å². The molecule has 0 aromatic heterocycles. The number of benzene rings is 2. The number of amides is 1. The van der Waals surface area contributed by atoms with Crippen LogP contribution in [0, 0.1) is 16.7 Å². The second kappa shape index (κ2) is 15.2. The third-order valence-corrected chi connectivity index (χ3v) is 12.6. The molecule has 1 heterocycles. The number of ether oxygens (including phenoxy) is 5. The predicted molar refractivity (Wildman–Crippen MR) is 204 cm³/mol. The summed E-state index contributed by atoms with van der Waals surface area (Å²) in [5.74, 6) is -5.36. The molecule has 15 nitrogen and oxygen atoms in total. The van der Waals surface area contributed by atoms with E-state index >= 15 is 0 Å². The van der Waals surface area contributed by atoms with Crippen LogP contribution in [0.2, 0.25) is 0 Å². The van der Waals surface area contributed by atoms with E-state index in [4.69, 9.17) is 23.7 Å². The Balaban J connectivity index is 1.49. The second-order valence-corrected chi connectivity index (χ2v) is 17.6. The number of Topliss-reactive ketones (excluding diaryl/α,β-unsaturated/α-hetero) is 1. The van der Waals surface area contributed by atoms with E-state index in [-0.39, 0.29) is 29.7 Å². The number of nitrogens with one attached hydrogen (secondary N) is 1. The van der Waals surface area contributed by atoms with Gasteiger partial charge in [0.15, 0.2) is 17.5 Å². The fourth-order valence-corrected chi connectivity index (χ4v) is 9.56. The number of carbonyl (C=O) groups excluding carboxylic acids is 5. The maximum absolute atomic E-state index is 14.9. The van der Waals surface area contributed by atoms with Crippen LogP contribution in [-0.4, -0.2) is 110 Å². The number of hydrogen-bond acceptors (Lipinski definition) is 14. The maximum atomic E-state index is 14.9. The summed E-state index contributed by atoms with van der Waals surface area (Å²) in [5, 5.41) is 51.6. The zero-order chi connectivity index (χ0) is 42.7. The van der Waals surface area contributed by atoms with Gasteiger partial charge in [0, 0.05) is 25.2 Å². The van der Waals surface area contributed by atoms with Crippen LogP contribution in [0.3, 0.4) is 0 Å². The minimum Gasteiger partial charge on any atom is -0.456 e. The van der Waals surface area contributed by atoms with Crippen LogP contribution in [0.1, 0.15) is 90.2 Å². The number of fused-ring (bicyclic) bond motifs is 5. The molecule has 1 aliphatic heterocycles. The van der Waals surface area contributed by atoms with Gasteiger partial charge in [-0.05, 0) is 63.5 Å². The van der Waals surface area contributed by atoms with Crippen molar-refractivity contribution >= 4 is 29.8 Å². The van der Waals surface area contributed by atoms with Crippen molar-refractivity contribution in [1.29, 1.82) is 0 Å². The highest BCUT2D eigenvalue weighted by molar-refractivity contribution is 5.94. The second-order valence-electron chi connectivity index (χ2n) is 17.6. The fourth-order valence-electron chi connectivity index (χ4n) is 9.56. The molecule has 1 unspecified atom stereocenters. The van der Waals surface area contributed by atoms with Crippen molar-refractivity contribution in [2.75, 3.05) is 6.61 Å². The van der Waals surface area contributed by atoms with Crippen LogP contribution >= 0.6 is 0 Å². The molecule has 5 N–H and O–H groups in total. The Morgan fingerprint density at radius 1 is 0.948 bits per heavy atom. The highest BCUT2D eigenvalue weighted by Gasteiger charge is 2.78. The number of esters is 3. The van der Waals surface area contributed by atoms with Gasteiger partial charge in [0.05, 0.1) is 35.6 Å². The molecule has 1 amide bonds. The molecule has 2 bridgehead atoms. The van der Waals surface area contributed by atoms with E-state index in [0.29, 0.717) is 5.56 Å². The maximum Gasteiger partial charge on any atom is 0.408 e.